The third kappa shape index (κ3) is 2.04. The van der Waals surface area contributed by atoms with Gasteiger partial charge in [0, 0.05) is 12.7 Å². The Kier molecular flexibility index (Phi) is 2.58. The van der Waals surface area contributed by atoms with Crippen molar-refractivity contribution in [1.29, 1.82) is 0 Å². The van der Waals surface area contributed by atoms with Gasteiger partial charge in [-0.05, 0) is 46.3 Å². The highest BCUT2D eigenvalue weighted by molar-refractivity contribution is 9.10. The molecule has 1 aliphatic carbocycles. The summed E-state index contributed by atoms with van der Waals surface area (Å²) in [6.07, 6.45) is 5.86. The first-order chi connectivity index (χ1) is 8.16. The maximum absolute atomic E-state index is 4.47. The average molecular weight is 295 g/mol. The van der Waals surface area contributed by atoms with Gasteiger partial charge in [-0.1, -0.05) is 13.3 Å². The first kappa shape index (κ1) is 11.0. The summed E-state index contributed by atoms with van der Waals surface area (Å²) in [6.45, 7) is 3.27. The second-order valence-corrected chi connectivity index (χ2v) is 5.93. The highest BCUT2D eigenvalue weighted by Crippen LogP contribution is 2.40. The lowest BCUT2D eigenvalue weighted by atomic mass is 9.70. The lowest BCUT2D eigenvalue weighted by Crippen LogP contribution is -2.33. The Labute approximate surface area is 109 Å². The number of fused-ring (bicyclic) bond motifs is 1. The van der Waals surface area contributed by atoms with Crippen LogP contribution in [0, 0.1) is 5.41 Å². The van der Waals surface area contributed by atoms with Crippen molar-refractivity contribution in [2.45, 2.75) is 26.2 Å². The fraction of sp³-hybridized carbons (Fsp3) is 0.500. The molecule has 0 bridgehead atoms. The fourth-order valence-corrected chi connectivity index (χ4v) is 2.62. The third-order valence-electron chi connectivity index (χ3n) is 3.55. The van der Waals surface area contributed by atoms with E-state index < -0.39 is 0 Å². The Morgan fingerprint density at radius 2 is 2.35 bits per heavy atom. The summed E-state index contributed by atoms with van der Waals surface area (Å²) in [5.74, 6) is 0.713. The number of halogens is 1. The topological polar surface area (TPSA) is 42.2 Å². The molecule has 1 fully saturated rings. The summed E-state index contributed by atoms with van der Waals surface area (Å²) in [7, 11) is 0. The summed E-state index contributed by atoms with van der Waals surface area (Å²) in [5, 5.41) is 7.74. The minimum absolute atomic E-state index is 0.439. The fourth-order valence-electron chi connectivity index (χ4n) is 2.20. The molecule has 0 atom stereocenters. The molecular formula is C12H15BrN4. The predicted octanol–water partition coefficient (Wildman–Crippen LogP) is 3.09. The van der Waals surface area contributed by atoms with E-state index in [9.17, 15) is 0 Å². The Bertz CT molecular complexity index is 544. The van der Waals surface area contributed by atoms with Crippen LogP contribution in [0.25, 0.3) is 5.65 Å². The molecule has 1 aliphatic rings. The molecule has 2 aromatic rings. The first-order valence-corrected chi connectivity index (χ1v) is 6.70. The predicted molar refractivity (Wildman–Crippen MR) is 71.1 cm³/mol. The highest BCUT2D eigenvalue weighted by Gasteiger charge is 2.31. The van der Waals surface area contributed by atoms with Crippen LogP contribution >= 0.6 is 15.9 Å². The van der Waals surface area contributed by atoms with Crippen LogP contribution in [-0.2, 0) is 0 Å². The summed E-state index contributed by atoms with van der Waals surface area (Å²) < 4.78 is 2.76. The van der Waals surface area contributed by atoms with E-state index in [1.165, 1.54) is 19.3 Å². The number of rotatable bonds is 3. The largest absolute Gasteiger partial charge is 0.352 e. The molecule has 0 aliphatic heterocycles. The van der Waals surface area contributed by atoms with Crippen LogP contribution in [0.4, 0.5) is 5.95 Å². The van der Waals surface area contributed by atoms with Gasteiger partial charge >= 0.3 is 0 Å². The Balaban J connectivity index is 1.79. The van der Waals surface area contributed by atoms with Crippen LogP contribution in [0.5, 0.6) is 0 Å². The van der Waals surface area contributed by atoms with Crippen LogP contribution < -0.4 is 5.32 Å². The van der Waals surface area contributed by atoms with Gasteiger partial charge in [0.15, 0.2) is 5.65 Å². The van der Waals surface area contributed by atoms with E-state index in [1.54, 1.807) is 4.52 Å². The zero-order chi connectivity index (χ0) is 11.9. The quantitative estimate of drug-likeness (QED) is 0.946. The molecule has 0 amide bonds. The minimum Gasteiger partial charge on any atom is -0.352 e. The Morgan fingerprint density at radius 3 is 3.00 bits per heavy atom. The number of anilines is 1. The van der Waals surface area contributed by atoms with Crippen molar-refractivity contribution in [2.24, 2.45) is 5.41 Å². The van der Waals surface area contributed by atoms with E-state index in [0.29, 0.717) is 11.4 Å². The van der Waals surface area contributed by atoms with Gasteiger partial charge in [0.25, 0.3) is 0 Å². The molecule has 5 heteroatoms. The summed E-state index contributed by atoms with van der Waals surface area (Å²) in [6, 6.07) is 3.92. The summed E-state index contributed by atoms with van der Waals surface area (Å²) in [5.41, 5.74) is 1.29. The molecule has 2 aromatic heterocycles. The van der Waals surface area contributed by atoms with Crippen LogP contribution in [0.3, 0.4) is 0 Å². The average Bonchev–Trinajstić information content (AvgIpc) is 2.68. The van der Waals surface area contributed by atoms with Crippen molar-refractivity contribution in [2.75, 3.05) is 11.9 Å². The molecule has 0 unspecified atom stereocenters. The third-order valence-corrected chi connectivity index (χ3v) is 4.17. The molecule has 0 radical (unpaired) electrons. The normalized spacial score (nSPS) is 18.0. The van der Waals surface area contributed by atoms with Gasteiger partial charge in [-0.15, -0.1) is 5.10 Å². The van der Waals surface area contributed by atoms with Crippen LogP contribution in [0.2, 0.25) is 0 Å². The zero-order valence-electron chi connectivity index (χ0n) is 9.78. The molecule has 17 heavy (non-hydrogen) atoms. The zero-order valence-corrected chi connectivity index (χ0v) is 11.4. The smallest absolute Gasteiger partial charge is 0.243 e. The van der Waals surface area contributed by atoms with Crippen molar-refractivity contribution >= 4 is 27.5 Å². The molecule has 0 spiro atoms. The van der Waals surface area contributed by atoms with E-state index in [0.717, 1.165) is 16.7 Å². The maximum atomic E-state index is 4.47. The van der Waals surface area contributed by atoms with Crippen molar-refractivity contribution in [3.63, 3.8) is 0 Å². The molecule has 0 aromatic carbocycles. The lowest BCUT2D eigenvalue weighted by Gasteiger charge is -2.38. The first-order valence-electron chi connectivity index (χ1n) is 5.91. The second-order valence-electron chi connectivity index (χ2n) is 5.08. The number of nitrogens with zero attached hydrogens (tertiary/aromatic N) is 3. The van der Waals surface area contributed by atoms with Gasteiger partial charge in [-0.2, -0.15) is 4.98 Å². The van der Waals surface area contributed by atoms with E-state index in [-0.39, 0.29) is 0 Å². The number of hydrogen-bond acceptors (Lipinski definition) is 3. The van der Waals surface area contributed by atoms with Crippen molar-refractivity contribution in [1.82, 2.24) is 14.6 Å². The van der Waals surface area contributed by atoms with Crippen LogP contribution in [0.15, 0.2) is 22.8 Å². The monoisotopic (exact) mass is 294 g/mol. The van der Waals surface area contributed by atoms with Gasteiger partial charge in [-0.25, -0.2) is 4.52 Å². The van der Waals surface area contributed by atoms with Crippen molar-refractivity contribution in [3.05, 3.63) is 22.8 Å². The molecule has 4 nitrogen and oxygen atoms in total. The van der Waals surface area contributed by atoms with E-state index in [1.807, 2.05) is 18.3 Å². The van der Waals surface area contributed by atoms with E-state index in [4.69, 9.17) is 0 Å². The second kappa shape index (κ2) is 3.98. The SMILES string of the molecule is CC1(CNc2nc3c(Br)cccn3n2)CCC1. The van der Waals surface area contributed by atoms with E-state index >= 15 is 0 Å². The van der Waals surface area contributed by atoms with Crippen molar-refractivity contribution in [3.8, 4) is 0 Å². The van der Waals surface area contributed by atoms with Gasteiger partial charge in [0.05, 0.1) is 4.47 Å². The maximum Gasteiger partial charge on any atom is 0.243 e. The highest BCUT2D eigenvalue weighted by atomic mass is 79.9. The Hall–Kier alpha value is -1.10. The van der Waals surface area contributed by atoms with Gasteiger partial charge in [0.1, 0.15) is 0 Å². The molecular weight excluding hydrogens is 280 g/mol. The van der Waals surface area contributed by atoms with Crippen molar-refractivity contribution < 1.29 is 0 Å². The number of hydrogen-bond donors (Lipinski definition) is 1. The summed E-state index contributed by atoms with van der Waals surface area (Å²) >= 11 is 3.47. The molecule has 3 rings (SSSR count). The van der Waals surface area contributed by atoms with Crippen LogP contribution in [0.1, 0.15) is 26.2 Å². The molecule has 90 valence electrons. The molecule has 1 N–H and O–H groups in total. The molecule has 0 saturated heterocycles. The standard InChI is InChI=1S/C12H15BrN4/c1-12(5-3-6-12)8-14-11-15-10-9(13)4-2-7-17(10)16-11/h2,4,7H,3,5-6,8H2,1H3,(H,14,16). The minimum atomic E-state index is 0.439. The van der Waals surface area contributed by atoms with E-state index in [2.05, 4.69) is 38.3 Å². The molecule has 1 saturated carbocycles. The summed E-state index contributed by atoms with van der Waals surface area (Å²) in [4.78, 5) is 4.47. The number of aromatic nitrogens is 3. The lowest BCUT2D eigenvalue weighted by molar-refractivity contribution is 0.179. The van der Waals surface area contributed by atoms with Gasteiger partial charge < -0.3 is 5.32 Å². The number of nitrogens with one attached hydrogen (secondary N) is 1. The van der Waals surface area contributed by atoms with Gasteiger partial charge in [0.2, 0.25) is 5.95 Å². The Morgan fingerprint density at radius 1 is 1.53 bits per heavy atom. The van der Waals surface area contributed by atoms with Crippen LogP contribution in [-0.4, -0.2) is 21.1 Å². The molecule has 2 heterocycles. The number of pyridine rings is 1. The van der Waals surface area contributed by atoms with Gasteiger partial charge in [-0.3, -0.25) is 0 Å².